The second kappa shape index (κ2) is 7.06. The average Bonchev–Trinajstić information content (AvgIpc) is 2.38. The predicted octanol–water partition coefficient (Wildman–Crippen LogP) is 0.221. The number of carbonyl (C=O) groups is 1. The highest BCUT2D eigenvalue weighted by atomic mass is 16.6. The van der Waals surface area contributed by atoms with Crippen LogP contribution in [0.3, 0.4) is 0 Å². The number of unbranched alkanes of at least 4 members (excludes halogenated alkanes) is 1. The van der Waals surface area contributed by atoms with Crippen LogP contribution in [0.2, 0.25) is 0 Å². The standard InChI is InChI=1S/C11H16BNO4/c1-2-3-8-16-11(14)9-4-6-10(7-5-9)12(15)17-13/h4-7,15H,2-3,8,13H2,1H3. The van der Waals surface area contributed by atoms with Crippen LogP contribution < -0.4 is 11.4 Å². The Morgan fingerprint density at radius 3 is 2.59 bits per heavy atom. The van der Waals surface area contributed by atoms with Crippen LogP contribution in [-0.4, -0.2) is 24.7 Å². The first-order valence-corrected chi connectivity index (χ1v) is 5.49. The minimum absolute atomic E-state index is 0.367. The largest absolute Gasteiger partial charge is 0.508 e. The molecule has 6 heteroatoms. The molecule has 1 aromatic rings. The van der Waals surface area contributed by atoms with Gasteiger partial charge < -0.3 is 14.5 Å². The highest BCUT2D eigenvalue weighted by Crippen LogP contribution is 2.01. The minimum Gasteiger partial charge on any atom is -0.462 e. The predicted molar refractivity (Wildman–Crippen MR) is 64.5 cm³/mol. The van der Waals surface area contributed by atoms with Crippen LogP contribution in [0.15, 0.2) is 24.3 Å². The van der Waals surface area contributed by atoms with Gasteiger partial charge in [0.1, 0.15) is 0 Å². The van der Waals surface area contributed by atoms with E-state index in [2.05, 4.69) is 4.76 Å². The van der Waals surface area contributed by atoms with Gasteiger partial charge in [-0.25, -0.2) is 10.7 Å². The molecule has 0 saturated heterocycles. The molecule has 92 valence electrons. The fourth-order valence-electron chi connectivity index (χ4n) is 1.25. The molecular weight excluding hydrogens is 221 g/mol. The van der Waals surface area contributed by atoms with Crippen molar-refractivity contribution < 1.29 is 19.3 Å². The topological polar surface area (TPSA) is 81.8 Å². The lowest BCUT2D eigenvalue weighted by Crippen LogP contribution is -2.36. The van der Waals surface area contributed by atoms with Crippen molar-refractivity contribution in [3.8, 4) is 0 Å². The summed E-state index contributed by atoms with van der Waals surface area (Å²) >= 11 is 0. The van der Waals surface area contributed by atoms with Crippen molar-refractivity contribution in [2.24, 2.45) is 5.90 Å². The summed E-state index contributed by atoms with van der Waals surface area (Å²) in [6, 6.07) is 6.25. The normalized spacial score (nSPS) is 10.1. The number of nitrogens with two attached hydrogens (primary N) is 1. The van der Waals surface area contributed by atoms with Crippen LogP contribution in [0.4, 0.5) is 0 Å². The molecule has 5 nitrogen and oxygen atoms in total. The van der Waals surface area contributed by atoms with Gasteiger partial charge in [0, 0.05) is 0 Å². The average molecular weight is 237 g/mol. The number of hydrogen-bond donors (Lipinski definition) is 2. The minimum atomic E-state index is -1.18. The number of ether oxygens (including phenoxy) is 1. The Balaban J connectivity index is 2.58. The molecule has 0 bridgehead atoms. The van der Waals surface area contributed by atoms with Crippen LogP contribution in [0, 0.1) is 0 Å². The third kappa shape index (κ3) is 4.18. The fraction of sp³-hybridized carbons (Fsp3) is 0.364. The Bertz CT molecular complexity index is 355. The Morgan fingerprint density at radius 2 is 2.06 bits per heavy atom. The van der Waals surface area contributed by atoms with E-state index in [1.165, 1.54) is 0 Å². The van der Waals surface area contributed by atoms with Gasteiger partial charge in [0.25, 0.3) is 0 Å². The number of carbonyl (C=O) groups excluding carboxylic acids is 1. The number of hydrogen-bond acceptors (Lipinski definition) is 5. The van der Waals surface area contributed by atoms with Gasteiger partial charge in [0.05, 0.1) is 12.2 Å². The molecule has 1 rings (SSSR count). The molecule has 1 aromatic carbocycles. The van der Waals surface area contributed by atoms with Crippen molar-refractivity contribution in [2.75, 3.05) is 6.61 Å². The van der Waals surface area contributed by atoms with E-state index in [9.17, 15) is 9.82 Å². The Hall–Kier alpha value is -1.37. The summed E-state index contributed by atoms with van der Waals surface area (Å²) in [4.78, 5) is 11.5. The number of esters is 1. The molecule has 0 aliphatic heterocycles. The smallest absolute Gasteiger partial charge is 0.462 e. The molecule has 3 N–H and O–H groups in total. The van der Waals surface area contributed by atoms with E-state index in [1.807, 2.05) is 6.92 Å². The van der Waals surface area contributed by atoms with Gasteiger partial charge >= 0.3 is 13.1 Å². The summed E-state index contributed by atoms with van der Waals surface area (Å²) < 4.78 is 9.29. The zero-order valence-corrected chi connectivity index (χ0v) is 9.76. The van der Waals surface area contributed by atoms with Crippen LogP contribution in [0.25, 0.3) is 0 Å². The van der Waals surface area contributed by atoms with Crippen LogP contribution in [0.1, 0.15) is 30.1 Å². The molecule has 0 saturated carbocycles. The fourth-order valence-corrected chi connectivity index (χ4v) is 1.25. The van der Waals surface area contributed by atoms with Gasteiger partial charge in [-0.15, -0.1) is 0 Å². The van der Waals surface area contributed by atoms with Gasteiger partial charge in [0.15, 0.2) is 0 Å². The van der Waals surface area contributed by atoms with E-state index >= 15 is 0 Å². The monoisotopic (exact) mass is 237 g/mol. The highest BCUT2D eigenvalue weighted by Gasteiger charge is 2.15. The first-order chi connectivity index (χ1) is 8.19. The maximum atomic E-state index is 11.5. The van der Waals surface area contributed by atoms with Crippen molar-refractivity contribution in [1.29, 1.82) is 0 Å². The van der Waals surface area contributed by atoms with E-state index in [0.29, 0.717) is 17.6 Å². The van der Waals surface area contributed by atoms with E-state index in [4.69, 9.17) is 10.6 Å². The summed E-state index contributed by atoms with van der Waals surface area (Å²) in [7, 11) is -1.18. The van der Waals surface area contributed by atoms with E-state index in [0.717, 1.165) is 12.8 Å². The zero-order chi connectivity index (χ0) is 12.7. The molecule has 0 heterocycles. The third-order valence-electron chi connectivity index (χ3n) is 2.29. The van der Waals surface area contributed by atoms with Gasteiger partial charge in [-0.3, -0.25) is 0 Å². The molecule has 0 atom stereocenters. The molecule has 0 fully saturated rings. The maximum absolute atomic E-state index is 11.5. The van der Waals surface area contributed by atoms with E-state index in [-0.39, 0.29) is 5.97 Å². The lowest BCUT2D eigenvalue weighted by molar-refractivity contribution is 0.0500. The molecule has 0 amide bonds. The Labute approximate surface area is 101 Å². The highest BCUT2D eigenvalue weighted by molar-refractivity contribution is 6.59. The summed E-state index contributed by atoms with van der Waals surface area (Å²) in [6.45, 7) is 2.45. The van der Waals surface area contributed by atoms with E-state index < -0.39 is 7.12 Å². The van der Waals surface area contributed by atoms with Crippen molar-refractivity contribution >= 4 is 18.6 Å². The third-order valence-corrected chi connectivity index (χ3v) is 2.29. The molecular formula is C11H16BNO4. The molecule has 0 aliphatic carbocycles. The first kappa shape index (κ1) is 13.7. The zero-order valence-electron chi connectivity index (χ0n) is 9.76. The molecule has 0 spiro atoms. The summed E-state index contributed by atoms with van der Waals surface area (Å²) in [6.07, 6.45) is 1.83. The van der Waals surface area contributed by atoms with Crippen molar-refractivity contribution in [3.05, 3.63) is 29.8 Å². The Kier molecular flexibility index (Phi) is 5.69. The molecule has 17 heavy (non-hydrogen) atoms. The summed E-state index contributed by atoms with van der Waals surface area (Å²) in [5, 5.41) is 9.27. The van der Waals surface area contributed by atoms with Gasteiger partial charge in [0.2, 0.25) is 0 Å². The quantitative estimate of drug-likeness (QED) is 0.320. The second-order valence-corrected chi connectivity index (χ2v) is 3.60. The van der Waals surface area contributed by atoms with Crippen LogP contribution >= 0.6 is 0 Å². The van der Waals surface area contributed by atoms with Gasteiger partial charge in [-0.05, 0) is 24.0 Å². The molecule has 0 radical (unpaired) electrons. The van der Waals surface area contributed by atoms with Crippen molar-refractivity contribution in [3.63, 3.8) is 0 Å². The first-order valence-electron chi connectivity index (χ1n) is 5.49. The maximum Gasteiger partial charge on any atom is 0.508 e. The van der Waals surface area contributed by atoms with Crippen molar-refractivity contribution in [2.45, 2.75) is 19.8 Å². The SMILES string of the molecule is CCCCOC(=O)c1ccc(B(O)ON)cc1. The Morgan fingerprint density at radius 1 is 1.41 bits per heavy atom. The van der Waals surface area contributed by atoms with Gasteiger partial charge in [-0.1, -0.05) is 25.5 Å². The van der Waals surface area contributed by atoms with Crippen molar-refractivity contribution in [1.82, 2.24) is 0 Å². The van der Waals surface area contributed by atoms with E-state index in [1.54, 1.807) is 24.3 Å². The lowest BCUT2D eigenvalue weighted by Gasteiger charge is -2.06. The lowest BCUT2D eigenvalue weighted by atomic mass is 9.80. The van der Waals surface area contributed by atoms with Crippen LogP contribution in [0.5, 0.6) is 0 Å². The van der Waals surface area contributed by atoms with Gasteiger partial charge in [-0.2, -0.15) is 0 Å². The number of rotatable bonds is 6. The second-order valence-electron chi connectivity index (χ2n) is 3.60. The summed E-state index contributed by atoms with van der Waals surface area (Å²) in [5.41, 5.74) is 0.923. The molecule has 0 aromatic heterocycles. The number of benzene rings is 1. The summed E-state index contributed by atoms with van der Waals surface area (Å²) in [5.74, 6) is 4.47. The molecule has 0 unspecified atom stereocenters. The molecule has 0 aliphatic rings. The van der Waals surface area contributed by atoms with Crippen LogP contribution in [-0.2, 0) is 9.49 Å².